The molecule has 1 aliphatic carbocycles. The van der Waals surface area contributed by atoms with Crippen LogP contribution in [0.4, 0.5) is 4.39 Å². The highest BCUT2D eigenvalue weighted by molar-refractivity contribution is 7.90. The van der Waals surface area contributed by atoms with Gasteiger partial charge in [-0.15, -0.1) is 0 Å². The van der Waals surface area contributed by atoms with Crippen LogP contribution in [0.15, 0.2) is 18.2 Å². The smallest absolute Gasteiger partial charge is 0.214 e. The van der Waals surface area contributed by atoms with Gasteiger partial charge in [-0.25, -0.2) is 17.5 Å². The number of rotatable bonds is 5. The maximum Gasteiger partial charge on any atom is 0.214 e. The monoisotopic (exact) mass is 299 g/mol. The van der Waals surface area contributed by atoms with Crippen molar-refractivity contribution < 1.29 is 12.8 Å². The third-order valence-electron chi connectivity index (χ3n) is 3.57. The number of nitrogens with two attached hydrogens (primary N) is 1. The van der Waals surface area contributed by atoms with Crippen molar-refractivity contribution in [3.05, 3.63) is 35.1 Å². The van der Waals surface area contributed by atoms with E-state index in [1.54, 1.807) is 0 Å². The van der Waals surface area contributed by atoms with Gasteiger partial charge in [-0.3, -0.25) is 5.41 Å². The minimum Gasteiger partial charge on any atom is -0.384 e. The van der Waals surface area contributed by atoms with Gasteiger partial charge in [0.15, 0.2) is 0 Å². The Morgan fingerprint density at radius 1 is 1.40 bits per heavy atom. The Bertz CT molecular complexity index is 610. The number of benzene rings is 1. The highest BCUT2D eigenvalue weighted by Crippen LogP contribution is 2.24. The topological polar surface area (TPSA) is 96.0 Å². The first-order valence-corrected chi connectivity index (χ1v) is 8.06. The predicted octanol–water partition coefficient (Wildman–Crippen LogP) is 1.47. The second-order valence-electron chi connectivity index (χ2n) is 4.99. The Balaban J connectivity index is 2.05. The molecule has 0 saturated heterocycles. The summed E-state index contributed by atoms with van der Waals surface area (Å²) in [5.74, 6) is -0.784. The molecular weight excluding hydrogens is 281 g/mol. The average Bonchev–Trinajstić information content (AvgIpc) is 2.91. The SMILES string of the molecule is N=C(N)c1ccc(CNS(=O)(=O)C2CCCC2)c(F)c1. The molecule has 0 bridgehead atoms. The van der Waals surface area contributed by atoms with Gasteiger partial charge in [-0.1, -0.05) is 25.0 Å². The summed E-state index contributed by atoms with van der Waals surface area (Å²) in [6.07, 6.45) is 3.18. The number of halogens is 1. The van der Waals surface area contributed by atoms with Crippen molar-refractivity contribution in [2.24, 2.45) is 5.73 Å². The predicted molar refractivity (Wildman–Crippen MR) is 75.4 cm³/mol. The molecule has 0 heterocycles. The van der Waals surface area contributed by atoms with E-state index >= 15 is 0 Å². The number of hydrogen-bond acceptors (Lipinski definition) is 3. The van der Waals surface area contributed by atoms with E-state index < -0.39 is 15.8 Å². The van der Waals surface area contributed by atoms with Crippen LogP contribution in [0, 0.1) is 11.2 Å². The maximum atomic E-state index is 13.8. The normalized spacial score (nSPS) is 16.4. The van der Waals surface area contributed by atoms with Crippen LogP contribution < -0.4 is 10.5 Å². The maximum absolute atomic E-state index is 13.8. The van der Waals surface area contributed by atoms with Gasteiger partial charge < -0.3 is 5.73 Å². The van der Waals surface area contributed by atoms with Crippen molar-refractivity contribution in [2.45, 2.75) is 37.5 Å². The zero-order valence-corrected chi connectivity index (χ0v) is 11.8. The van der Waals surface area contributed by atoms with E-state index in [4.69, 9.17) is 11.1 Å². The van der Waals surface area contributed by atoms with Crippen molar-refractivity contribution in [3.8, 4) is 0 Å². The van der Waals surface area contributed by atoms with Crippen LogP contribution in [0.2, 0.25) is 0 Å². The van der Waals surface area contributed by atoms with Crippen LogP contribution in [0.25, 0.3) is 0 Å². The molecule has 2 rings (SSSR count). The molecule has 0 atom stereocenters. The van der Waals surface area contributed by atoms with Gasteiger partial charge >= 0.3 is 0 Å². The van der Waals surface area contributed by atoms with Crippen LogP contribution in [0.5, 0.6) is 0 Å². The lowest BCUT2D eigenvalue weighted by atomic mass is 10.1. The highest BCUT2D eigenvalue weighted by Gasteiger charge is 2.28. The Kier molecular flexibility index (Phi) is 4.39. The van der Waals surface area contributed by atoms with Gasteiger partial charge in [0.2, 0.25) is 10.0 Å². The molecule has 5 nitrogen and oxygen atoms in total. The largest absolute Gasteiger partial charge is 0.384 e. The molecule has 0 unspecified atom stereocenters. The van der Waals surface area contributed by atoms with Crippen molar-refractivity contribution in [2.75, 3.05) is 0 Å². The summed E-state index contributed by atoms with van der Waals surface area (Å²) < 4.78 is 40.2. The van der Waals surface area contributed by atoms with Crippen molar-refractivity contribution in [1.29, 1.82) is 5.41 Å². The third-order valence-corrected chi connectivity index (χ3v) is 5.46. The Morgan fingerprint density at radius 2 is 2.05 bits per heavy atom. The Labute approximate surface area is 117 Å². The minimum absolute atomic E-state index is 0.0805. The summed E-state index contributed by atoms with van der Waals surface area (Å²) >= 11 is 0. The molecule has 1 fully saturated rings. The molecule has 110 valence electrons. The zero-order chi connectivity index (χ0) is 14.8. The summed E-state index contributed by atoms with van der Waals surface area (Å²) in [4.78, 5) is 0. The molecule has 0 amide bonds. The quantitative estimate of drug-likeness (QED) is 0.567. The van der Waals surface area contributed by atoms with Gasteiger partial charge in [0.1, 0.15) is 11.7 Å². The van der Waals surface area contributed by atoms with Gasteiger partial charge in [0.25, 0.3) is 0 Å². The first-order chi connectivity index (χ1) is 9.40. The average molecular weight is 299 g/mol. The van der Waals surface area contributed by atoms with Crippen molar-refractivity contribution in [3.63, 3.8) is 0 Å². The second kappa shape index (κ2) is 5.88. The van der Waals surface area contributed by atoms with Crippen LogP contribution in [-0.4, -0.2) is 19.5 Å². The van der Waals surface area contributed by atoms with Crippen molar-refractivity contribution in [1.82, 2.24) is 4.72 Å². The minimum atomic E-state index is -3.39. The van der Waals surface area contributed by atoms with Crippen LogP contribution in [-0.2, 0) is 16.6 Å². The lowest BCUT2D eigenvalue weighted by molar-refractivity contribution is 0.559. The molecule has 0 spiro atoms. The van der Waals surface area contributed by atoms with Crippen LogP contribution in [0.3, 0.4) is 0 Å². The summed E-state index contributed by atoms with van der Waals surface area (Å²) in [6.45, 7) is -0.0805. The molecule has 1 aromatic carbocycles. The fraction of sp³-hybridized carbons (Fsp3) is 0.462. The fourth-order valence-corrected chi connectivity index (χ4v) is 3.90. The van der Waals surface area contributed by atoms with E-state index in [9.17, 15) is 12.8 Å². The number of nitrogen functional groups attached to an aromatic ring is 1. The van der Waals surface area contributed by atoms with E-state index in [-0.39, 0.29) is 28.8 Å². The first kappa shape index (κ1) is 14.9. The number of sulfonamides is 1. The lowest BCUT2D eigenvalue weighted by Crippen LogP contribution is -2.32. The summed E-state index contributed by atoms with van der Waals surface area (Å²) in [5, 5.41) is 6.86. The molecule has 1 saturated carbocycles. The molecular formula is C13H18FN3O2S. The van der Waals surface area contributed by atoms with Crippen molar-refractivity contribution >= 4 is 15.9 Å². The highest BCUT2D eigenvalue weighted by atomic mass is 32.2. The Morgan fingerprint density at radius 3 is 2.60 bits per heavy atom. The van der Waals surface area contributed by atoms with Crippen LogP contribution >= 0.6 is 0 Å². The second-order valence-corrected chi connectivity index (χ2v) is 7.04. The van der Waals surface area contributed by atoms with Gasteiger partial charge in [0, 0.05) is 17.7 Å². The van der Waals surface area contributed by atoms with E-state index in [2.05, 4.69) is 4.72 Å². The summed E-state index contributed by atoms with van der Waals surface area (Å²) in [7, 11) is -3.39. The van der Waals surface area contributed by atoms with Gasteiger partial charge in [-0.2, -0.15) is 0 Å². The molecule has 4 N–H and O–H groups in total. The van der Waals surface area contributed by atoms with Gasteiger partial charge in [-0.05, 0) is 18.9 Å². The van der Waals surface area contributed by atoms with E-state index in [0.717, 1.165) is 18.9 Å². The number of amidine groups is 1. The number of hydrogen-bond donors (Lipinski definition) is 3. The zero-order valence-electron chi connectivity index (χ0n) is 11.0. The van der Waals surface area contributed by atoms with E-state index in [1.165, 1.54) is 12.1 Å². The fourth-order valence-electron chi connectivity index (χ4n) is 2.35. The molecule has 0 aliphatic heterocycles. The van der Waals surface area contributed by atoms with E-state index in [1.807, 2.05) is 0 Å². The van der Waals surface area contributed by atoms with Crippen LogP contribution in [0.1, 0.15) is 36.8 Å². The summed E-state index contributed by atoms with van der Waals surface area (Å²) in [6, 6.07) is 4.09. The molecule has 1 aromatic rings. The Hall–Kier alpha value is -1.47. The number of nitrogens with one attached hydrogen (secondary N) is 2. The van der Waals surface area contributed by atoms with E-state index in [0.29, 0.717) is 12.8 Å². The lowest BCUT2D eigenvalue weighted by Gasteiger charge is -2.13. The third kappa shape index (κ3) is 3.34. The molecule has 0 radical (unpaired) electrons. The molecule has 20 heavy (non-hydrogen) atoms. The summed E-state index contributed by atoms with van der Waals surface area (Å²) in [5.41, 5.74) is 5.79. The molecule has 1 aliphatic rings. The first-order valence-electron chi connectivity index (χ1n) is 6.51. The van der Waals surface area contributed by atoms with Gasteiger partial charge in [0.05, 0.1) is 5.25 Å². The standard InChI is InChI=1S/C13H18FN3O2S/c14-12-7-9(13(15)16)5-6-10(12)8-17-20(18,19)11-3-1-2-4-11/h5-7,11,17H,1-4,8H2,(H3,15,16). The molecule has 7 heteroatoms. The molecule has 0 aromatic heterocycles.